The Labute approximate surface area is 123 Å². The molecule has 112 valence electrons. The van der Waals surface area contributed by atoms with Gasteiger partial charge in [-0.25, -0.2) is 0 Å². The Morgan fingerprint density at radius 1 is 1.24 bits per heavy atom. The van der Waals surface area contributed by atoms with Gasteiger partial charge >= 0.3 is 0 Å². The van der Waals surface area contributed by atoms with E-state index in [-0.39, 0.29) is 6.04 Å². The second kappa shape index (κ2) is 6.13. The molecule has 1 aliphatic heterocycles. The normalized spacial score (nSPS) is 15.0. The Morgan fingerprint density at radius 3 is 2.81 bits per heavy atom. The summed E-state index contributed by atoms with van der Waals surface area (Å²) in [7, 11) is 0. The van der Waals surface area contributed by atoms with Gasteiger partial charge in [0, 0.05) is 25.9 Å². The van der Waals surface area contributed by atoms with Crippen molar-refractivity contribution in [3.05, 3.63) is 35.5 Å². The highest BCUT2D eigenvalue weighted by molar-refractivity contribution is 5.44. The van der Waals surface area contributed by atoms with E-state index in [9.17, 15) is 0 Å². The van der Waals surface area contributed by atoms with Crippen molar-refractivity contribution in [3.63, 3.8) is 0 Å². The van der Waals surface area contributed by atoms with Gasteiger partial charge < -0.3 is 19.3 Å². The molecule has 1 N–H and O–H groups in total. The van der Waals surface area contributed by atoms with Crippen molar-refractivity contribution in [2.45, 2.75) is 26.3 Å². The number of nitrogens with one attached hydrogen (secondary N) is 1. The van der Waals surface area contributed by atoms with Crippen LogP contribution in [0, 0.1) is 6.92 Å². The molecule has 1 unspecified atom stereocenters. The lowest BCUT2D eigenvalue weighted by Gasteiger charge is -2.21. The molecule has 0 bridgehead atoms. The Kier molecular flexibility index (Phi) is 4.06. The van der Waals surface area contributed by atoms with Gasteiger partial charge in [-0.1, -0.05) is 11.2 Å². The minimum atomic E-state index is 0.217. The molecule has 1 atom stereocenters. The lowest BCUT2D eigenvalue weighted by Crippen LogP contribution is -2.22. The highest BCUT2D eigenvalue weighted by Gasteiger charge is 2.14. The smallest absolute Gasteiger partial charge is 0.223 e. The number of hydrogen-bond acceptors (Lipinski definition) is 6. The zero-order chi connectivity index (χ0) is 14.7. The lowest BCUT2D eigenvalue weighted by atomic mass is 10.1. The van der Waals surface area contributed by atoms with E-state index in [2.05, 4.69) is 28.4 Å². The molecule has 0 amide bonds. The summed E-state index contributed by atoms with van der Waals surface area (Å²) in [5.74, 6) is 2.97. The maximum absolute atomic E-state index is 5.61. The molecule has 0 spiro atoms. The van der Waals surface area contributed by atoms with Crippen LogP contribution >= 0.6 is 0 Å². The van der Waals surface area contributed by atoms with Crippen LogP contribution in [0.3, 0.4) is 0 Å². The second-order valence-corrected chi connectivity index (χ2v) is 5.06. The number of fused-ring (bicyclic) bond motifs is 1. The van der Waals surface area contributed by atoms with Crippen molar-refractivity contribution in [3.8, 4) is 11.5 Å². The van der Waals surface area contributed by atoms with Crippen molar-refractivity contribution >= 4 is 0 Å². The summed E-state index contributed by atoms with van der Waals surface area (Å²) in [6.45, 7) is 5.92. The molecule has 1 aliphatic rings. The minimum Gasteiger partial charge on any atom is -0.486 e. The summed E-state index contributed by atoms with van der Waals surface area (Å²) in [5, 5.41) is 7.33. The molecule has 2 aromatic rings. The monoisotopic (exact) mass is 289 g/mol. The van der Waals surface area contributed by atoms with Crippen LogP contribution in [0.4, 0.5) is 0 Å². The predicted molar refractivity (Wildman–Crippen MR) is 76.6 cm³/mol. The second-order valence-electron chi connectivity index (χ2n) is 5.06. The molecule has 3 rings (SSSR count). The van der Waals surface area contributed by atoms with E-state index in [1.54, 1.807) is 6.92 Å². The number of ether oxygens (including phenoxy) is 2. The Balaban J connectivity index is 1.56. The van der Waals surface area contributed by atoms with Crippen LogP contribution in [0.15, 0.2) is 22.7 Å². The third kappa shape index (κ3) is 3.33. The standard InChI is InChI=1S/C15H19N3O3/c1-10(16-6-5-15-17-11(2)21-18-15)12-3-4-13-14(9-12)20-8-7-19-13/h3-4,9-10,16H,5-8H2,1-2H3. The first-order valence-electron chi connectivity index (χ1n) is 7.14. The van der Waals surface area contributed by atoms with E-state index < -0.39 is 0 Å². The molecule has 6 heteroatoms. The molecule has 0 radical (unpaired) electrons. The molecule has 2 heterocycles. The fraction of sp³-hybridized carbons (Fsp3) is 0.467. The average Bonchev–Trinajstić information content (AvgIpc) is 2.92. The fourth-order valence-electron chi connectivity index (χ4n) is 2.29. The van der Waals surface area contributed by atoms with Crippen molar-refractivity contribution < 1.29 is 14.0 Å². The molecule has 21 heavy (non-hydrogen) atoms. The van der Waals surface area contributed by atoms with E-state index in [0.29, 0.717) is 19.1 Å². The van der Waals surface area contributed by atoms with Crippen LogP contribution in [-0.2, 0) is 6.42 Å². The van der Waals surface area contributed by atoms with Gasteiger partial charge in [-0.15, -0.1) is 0 Å². The quantitative estimate of drug-likeness (QED) is 0.908. The third-order valence-corrected chi connectivity index (χ3v) is 3.43. The van der Waals surface area contributed by atoms with Gasteiger partial charge in [-0.2, -0.15) is 4.98 Å². The van der Waals surface area contributed by atoms with E-state index in [0.717, 1.165) is 30.3 Å². The summed E-state index contributed by atoms with van der Waals surface area (Å²) < 4.78 is 16.1. The summed E-state index contributed by atoms with van der Waals surface area (Å²) in [6, 6.07) is 6.27. The van der Waals surface area contributed by atoms with Crippen LogP contribution in [-0.4, -0.2) is 29.9 Å². The first-order valence-corrected chi connectivity index (χ1v) is 7.14. The van der Waals surface area contributed by atoms with Crippen LogP contribution in [0.1, 0.15) is 30.2 Å². The van der Waals surface area contributed by atoms with E-state index in [4.69, 9.17) is 14.0 Å². The molecule has 1 aromatic carbocycles. The number of nitrogens with zero attached hydrogens (tertiary/aromatic N) is 2. The SMILES string of the molecule is Cc1nc(CCNC(C)c2ccc3c(c2)OCCO3)no1. The number of aromatic nitrogens is 2. The van der Waals surface area contributed by atoms with Crippen molar-refractivity contribution in [2.24, 2.45) is 0 Å². The first kappa shape index (κ1) is 13.9. The maximum atomic E-state index is 5.61. The van der Waals surface area contributed by atoms with Gasteiger partial charge in [-0.05, 0) is 24.6 Å². The summed E-state index contributed by atoms with van der Waals surface area (Å²) in [5.41, 5.74) is 1.17. The maximum Gasteiger partial charge on any atom is 0.223 e. The van der Waals surface area contributed by atoms with Crippen LogP contribution in [0.25, 0.3) is 0 Å². The number of hydrogen-bond donors (Lipinski definition) is 1. The molecule has 6 nitrogen and oxygen atoms in total. The largest absolute Gasteiger partial charge is 0.486 e. The van der Waals surface area contributed by atoms with Crippen LogP contribution < -0.4 is 14.8 Å². The van der Waals surface area contributed by atoms with E-state index >= 15 is 0 Å². The summed E-state index contributed by atoms with van der Waals surface area (Å²) in [6.07, 6.45) is 0.742. The van der Waals surface area contributed by atoms with E-state index in [1.807, 2.05) is 12.1 Å². The zero-order valence-corrected chi connectivity index (χ0v) is 12.3. The minimum absolute atomic E-state index is 0.217. The van der Waals surface area contributed by atoms with Crippen molar-refractivity contribution in [1.82, 2.24) is 15.5 Å². The van der Waals surface area contributed by atoms with E-state index in [1.165, 1.54) is 5.56 Å². The number of rotatable bonds is 5. The first-order chi connectivity index (χ1) is 10.2. The Morgan fingerprint density at radius 2 is 2.05 bits per heavy atom. The predicted octanol–water partition coefficient (Wildman–Crippen LogP) is 2.04. The molecular formula is C15H19N3O3. The van der Waals surface area contributed by atoms with Gasteiger partial charge in [0.15, 0.2) is 17.3 Å². The van der Waals surface area contributed by atoms with Gasteiger partial charge in [-0.3, -0.25) is 0 Å². The molecular weight excluding hydrogens is 270 g/mol. The Bertz CT molecular complexity index is 612. The molecule has 0 fully saturated rings. The molecule has 0 saturated heterocycles. The highest BCUT2D eigenvalue weighted by atomic mass is 16.6. The van der Waals surface area contributed by atoms with Crippen LogP contribution in [0.2, 0.25) is 0 Å². The summed E-state index contributed by atoms with van der Waals surface area (Å²) in [4.78, 5) is 4.18. The number of aryl methyl sites for hydroxylation is 1. The Hall–Kier alpha value is -2.08. The van der Waals surface area contributed by atoms with Gasteiger partial charge in [0.05, 0.1) is 0 Å². The topological polar surface area (TPSA) is 69.4 Å². The van der Waals surface area contributed by atoms with Crippen molar-refractivity contribution in [2.75, 3.05) is 19.8 Å². The molecule has 0 aliphatic carbocycles. The third-order valence-electron chi connectivity index (χ3n) is 3.43. The van der Waals surface area contributed by atoms with Gasteiger partial charge in [0.1, 0.15) is 13.2 Å². The average molecular weight is 289 g/mol. The van der Waals surface area contributed by atoms with Crippen molar-refractivity contribution in [1.29, 1.82) is 0 Å². The summed E-state index contributed by atoms with van der Waals surface area (Å²) >= 11 is 0. The highest BCUT2D eigenvalue weighted by Crippen LogP contribution is 2.32. The van der Waals surface area contributed by atoms with Crippen LogP contribution in [0.5, 0.6) is 11.5 Å². The van der Waals surface area contributed by atoms with Gasteiger partial charge in [0.25, 0.3) is 0 Å². The fourth-order valence-corrected chi connectivity index (χ4v) is 2.29. The molecule has 0 saturated carbocycles. The van der Waals surface area contributed by atoms with Gasteiger partial charge in [0.2, 0.25) is 5.89 Å². The molecule has 1 aromatic heterocycles. The lowest BCUT2D eigenvalue weighted by molar-refractivity contribution is 0.171. The number of benzene rings is 1. The zero-order valence-electron chi connectivity index (χ0n) is 12.3.